The summed E-state index contributed by atoms with van der Waals surface area (Å²) < 4.78 is 68.4. The molecule has 0 saturated heterocycles. The van der Waals surface area contributed by atoms with E-state index in [0.29, 0.717) is 17.5 Å². The first-order chi connectivity index (χ1) is 15.1. The number of carbonyl (C=O) groups is 1. The number of anilines is 1. The molecule has 0 aliphatic heterocycles. The molecule has 0 aliphatic carbocycles. The standard InChI is InChI=1S/C20H19F3N4O3S2/c1-3-24-32(29,30)14-10-13(15(21)17(23)16(14)22)18(28)25-20-27-26-19(31-20)11(2)9-12-7-5-4-6-8-12/h4-8,10-11,24H,3,9H2,1-2H3,(H,25,27,28). The second-order valence-corrected chi connectivity index (χ2v) is 9.60. The molecule has 12 heteroatoms. The molecular weight excluding hydrogens is 465 g/mol. The summed E-state index contributed by atoms with van der Waals surface area (Å²) in [6.45, 7) is 3.23. The second kappa shape index (κ2) is 9.76. The van der Waals surface area contributed by atoms with Crippen molar-refractivity contribution in [1.29, 1.82) is 0 Å². The van der Waals surface area contributed by atoms with Crippen molar-refractivity contribution in [1.82, 2.24) is 14.9 Å². The average molecular weight is 485 g/mol. The summed E-state index contributed by atoms with van der Waals surface area (Å²) in [6, 6.07) is 10.1. The molecule has 1 amide bonds. The lowest BCUT2D eigenvalue weighted by Crippen LogP contribution is -2.26. The summed E-state index contributed by atoms with van der Waals surface area (Å²) >= 11 is 1.04. The van der Waals surface area contributed by atoms with Gasteiger partial charge in [0.25, 0.3) is 5.91 Å². The van der Waals surface area contributed by atoms with E-state index in [9.17, 15) is 26.4 Å². The molecule has 0 bridgehead atoms. The topological polar surface area (TPSA) is 101 Å². The summed E-state index contributed by atoms with van der Waals surface area (Å²) in [6.07, 6.45) is 0.673. The van der Waals surface area contributed by atoms with E-state index in [2.05, 4.69) is 15.5 Å². The molecule has 0 aliphatic rings. The molecule has 32 heavy (non-hydrogen) atoms. The summed E-state index contributed by atoms with van der Waals surface area (Å²) in [4.78, 5) is 11.3. The summed E-state index contributed by atoms with van der Waals surface area (Å²) in [5.74, 6) is -7.00. The predicted octanol–water partition coefficient (Wildman–Crippen LogP) is 3.85. The van der Waals surface area contributed by atoms with Crippen molar-refractivity contribution in [2.45, 2.75) is 31.1 Å². The molecule has 3 rings (SSSR count). The van der Waals surface area contributed by atoms with E-state index >= 15 is 0 Å². The van der Waals surface area contributed by atoms with Crippen LogP contribution in [-0.4, -0.2) is 31.1 Å². The van der Waals surface area contributed by atoms with Crippen LogP contribution in [0.3, 0.4) is 0 Å². The van der Waals surface area contributed by atoms with Crippen LogP contribution in [0.15, 0.2) is 41.3 Å². The van der Waals surface area contributed by atoms with Gasteiger partial charge in [0, 0.05) is 12.5 Å². The van der Waals surface area contributed by atoms with Crippen molar-refractivity contribution >= 4 is 32.4 Å². The van der Waals surface area contributed by atoms with E-state index < -0.39 is 43.8 Å². The van der Waals surface area contributed by atoms with Gasteiger partial charge in [0.15, 0.2) is 17.5 Å². The zero-order chi connectivity index (χ0) is 23.5. The maximum absolute atomic E-state index is 14.2. The monoisotopic (exact) mass is 484 g/mol. The van der Waals surface area contributed by atoms with E-state index in [1.807, 2.05) is 42.0 Å². The quantitative estimate of drug-likeness (QED) is 0.473. The Morgan fingerprint density at radius 1 is 1.09 bits per heavy atom. The lowest BCUT2D eigenvalue weighted by molar-refractivity contribution is 0.102. The number of halogens is 3. The van der Waals surface area contributed by atoms with Gasteiger partial charge in [0.1, 0.15) is 9.90 Å². The van der Waals surface area contributed by atoms with Gasteiger partial charge in [-0.1, -0.05) is 55.5 Å². The largest absolute Gasteiger partial charge is 0.296 e. The van der Waals surface area contributed by atoms with E-state index in [0.717, 1.165) is 16.9 Å². The smallest absolute Gasteiger partial charge is 0.260 e. The first kappa shape index (κ1) is 23.8. The fourth-order valence-corrected chi connectivity index (χ4v) is 4.84. The number of rotatable bonds is 8. The zero-order valence-corrected chi connectivity index (χ0v) is 18.7. The van der Waals surface area contributed by atoms with Crippen molar-refractivity contribution < 1.29 is 26.4 Å². The number of hydrogen-bond donors (Lipinski definition) is 2. The fraction of sp³-hybridized carbons (Fsp3) is 0.250. The molecule has 3 aromatic rings. The van der Waals surface area contributed by atoms with Crippen LogP contribution in [0.1, 0.15) is 40.7 Å². The predicted molar refractivity (Wildman–Crippen MR) is 114 cm³/mol. The molecule has 0 saturated carbocycles. The van der Waals surface area contributed by atoms with Gasteiger partial charge in [-0.25, -0.2) is 26.3 Å². The Morgan fingerprint density at radius 3 is 2.44 bits per heavy atom. The number of nitrogens with zero attached hydrogens (tertiary/aromatic N) is 2. The van der Waals surface area contributed by atoms with Gasteiger partial charge in [-0.3, -0.25) is 10.1 Å². The molecule has 0 spiro atoms. The van der Waals surface area contributed by atoms with Gasteiger partial charge >= 0.3 is 0 Å². The van der Waals surface area contributed by atoms with Crippen LogP contribution < -0.4 is 10.0 Å². The normalized spacial score (nSPS) is 12.5. The van der Waals surface area contributed by atoms with Crippen LogP contribution in [0.25, 0.3) is 0 Å². The van der Waals surface area contributed by atoms with Crippen LogP contribution >= 0.6 is 11.3 Å². The molecule has 1 aromatic heterocycles. The number of benzene rings is 2. The number of amides is 1. The molecule has 2 aromatic carbocycles. The van der Waals surface area contributed by atoms with Gasteiger partial charge < -0.3 is 0 Å². The van der Waals surface area contributed by atoms with E-state index in [4.69, 9.17) is 0 Å². The fourth-order valence-electron chi connectivity index (χ4n) is 2.91. The van der Waals surface area contributed by atoms with Crippen molar-refractivity contribution in [3.05, 3.63) is 70.0 Å². The molecule has 1 heterocycles. The molecule has 0 fully saturated rings. The van der Waals surface area contributed by atoms with Gasteiger partial charge in [0.05, 0.1) is 5.56 Å². The molecule has 2 N–H and O–H groups in total. The number of sulfonamides is 1. The third-order valence-electron chi connectivity index (χ3n) is 4.45. The van der Waals surface area contributed by atoms with Crippen molar-refractivity contribution in [3.8, 4) is 0 Å². The van der Waals surface area contributed by atoms with Gasteiger partial charge in [-0.2, -0.15) is 0 Å². The van der Waals surface area contributed by atoms with Crippen molar-refractivity contribution in [2.24, 2.45) is 0 Å². The van der Waals surface area contributed by atoms with Crippen LogP contribution in [0.4, 0.5) is 18.3 Å². The zero-order valence-electron chi connectivity index (χ0n) is 17.0. The maximum Gasteiger partial charge on any atom is 0.260 e. The highest BCUT2D eigenvalue weighted by Gasteiger charge is 2.29. The Balaban J connectivity index is 1.83. The molecule has 0 radical (unpaired) electrons. The molecule has 7 nitrogen and oxygen atoms in total. The lowest BCUT2D eigenvalue weighted by atomic mass is 10.0. The lowest BCUT2D eigenvalue weighted by Gasteiger charge is -2.10. The Morgan fingerprint density at radius 2 is 1.78 bits per heavy atom. The number of nitrogens with one attached hydrogen (secondary N) is 2. The second-order valence-electron chi connectivity index (χ2n) is 6.86. The minimum absolute atomic E-state index is 0.00475. The summed E-state index contributed by atoms with van der Waals surface area (Å²) in [5.41, 5.74) is 0.105. The van der Waals surface area contributed by atoms with E-state index in [1.54, 1.807) is 0 Å². The highest BCUT2D eigenvalue weighted by molar-refractivity contribution is 7.89. The van der Waals surface area contributed by atoms with Gasteiger partial charge in [0.2, 0.25) is 15.2 Å². The SMILES string of the molecule is CCNS(=O)(=O)c1cc(C(=O)Nc2nnc(C(C)Cc3ccccc3)s2)c(F)c(F)c1F. The summed E-state index contributed by atoms with van der Waals surface area (Å²) in [5, 5.41) is 10.7. The number of carbonyl (C=O) groups excluding carboxylic acids is 1. The minimum atomic E-state index is -4.48. The van der Waals surface area contributed by atoms with Crippen LogP contribution in [0, 0.1) is 17.5 Å². The third-order valence-corrected chi connectivity index (χ3v) is 7.06. The Kier molecular flexibility index (Phi) is 7.26. The molecule has 1 atom stereocenters. The third kappa shape index (κ3) is 5.14. The van der Waals surface area contributed by atoms with Crippen LogP contribution in [-0.2, 0) is 16.4 Å². The first-order valence-corrected chi connectivity index (χ1v) is 11.8. The van der Waals surface area contributed by atoms with Crippen molar-refractivity contribution in [2.75, 3.05) is 11.9 Å². The van der Waals surface area contributed by atoms with Crippen LogP contribution in [0.2, 0.25) is 0 Å². The Labute approximate surface area is 186 Å². The Hall–Kier alpha value is -2.83. The number of aromatic nitrogens is 2. The Bertz CT molecular complexity index is 1230. The number of hydrogen-bond acceptors (Lipinski definition) is 6. The summed E-state index contributed by atoms with van der Waals surface area (Å²) in [7, 11) is -4.48. The molecular formula is C20H19F3N4O3S2. The molecule has 170 valence electrons. The van der Waals surface area contributed by atoms with Gasteiger partial charge in [-0.05, 0) is 18.1 Å². The average Bonchev–Trinajstić information content (AvgIpc) is 3.21. The van der Waals surface area contributed by atoms with Crippen LogP contribution in [0.5, 0.6) is 0 Å². The van der Waals surface area contributed by atoms with Gasteiger partial charge in [-0.15, -0.1) is 10.2 Å². The highest BCUT2D eigenvalue weighted by atomic mass is 32.2. The van der Waals surface area contributed by atoms with E-state index in [-0.39, 0.29) is 17.6 Å². The minimum Gasteiger partial charge on any atom is -0.296 e. The maximum atomic E-state index is 14.2. The van der Waals surface area contributed by atoms with E-state index in [1.165, 1.54) is 6.92 Å². The molecule has 1 unspecified atom stereocenters. The first-order valence-electron chi connectivity index (χ1n) is 9.49. The van der Waals surface area contributed by atoms with Crippen molar-refractivity contribution in [3.63, 3.8) is 0 Å². The highest BCUT2D eigenvalue weighted by Crippen LogP contribution is 2.28.